The lowest BCUT2D eigenvalue weighted by Crippen LogP contribution is -2.30. The molecule has 5 nitrogen and oxygen atoms in total. The number of halogens is 2. The molecular formula is C16H16ClFN2O3. The first kappa shape index (κ1) is 16.0. The van der Waals surface area contributed by atoms with Crippen molar-refractivity contribution >= 4 is 17.5 Å². The number of nitrogens with zero attached hydrogens (tertiary/aromatic N) is 1. The number of hydrogen-bond donors (Lipinski definition) is 1. The van der Waals surface area contributed by atoms with Gasteiger partial charge in [-0.25, -0.2) is 4.39 Å². The summed E-state index contributed by atoms with van der Waals surface area (Å²) in [6.45, 7) is 3.45. The van der Waals surface area contributed by atoms with Crippen molar-refractivity contribution in [1.29, 1.82) is 0 Å². The summed E-state index contributed by atoms with van der Waals surface area (Å²) >= 11 is 6.06. The van der Waals surface area contributed by atoms with Crippen molar-refractivity contribution in [2.75, 3.05) is 19.8 Å². The fraction of sp³-hybridized carbons (Fsp3) is 0.375. The monoisotopic (exact) mass is 338 g/mol. The highest BCUT2D eigenvalue weighted by Gasteiger charge is 2.26. The van der Waals surface area contributed by atoms with Gasteiger partial charge in [0, 0.05) is 19.1 Å². The zero-order chi connectivity index (χ0) is 16.4. The standard InChI is InChI=1S/C16H16ClFN2O3/c1-9-13(16(21)19-7-10-5-6-22-8-10)15(20-23-9)14-11(17)3-2-4-12(14)18/h2-4,10H,5-8H2,1H3,(H,19,21). The molecule has 1 aliphatic rings. The van der Waals surface area contributed by atoms with Crippen LogP contribution in [-0.2, 0) is 4.74 Å². The minimum absolute atomic E-state index is 0.0698. The van der Waals surface area contributed by atoms with Crippen molar-refractivity contribution < 1.29 is 18.4 Å². The Hall–Kier alpha value is -1.92. The van der Waals surface area contributed by atoms with E-state index in [1.807, 2.05) is 0 Å². The van der Waals surface area contributed by atoms with Crippen molar-refractivity contribution in [2.45, 2.75) is 13.3 Å². The van der Waals surface area contributed by atoms with E-state index in [4.69, 9.17) is 20.9 Å². The maximum absolute atomic E-state index is 14.1. The van der Waals surface area contributed by atoms with Crippen molar-refractivity contribution in [3.63, 3.8) is 0 Å². The van der Waals surface area contributed by atoms with Crippen molar-refractivity contribution in [3.05, 3.63) is 40.4 Å². The van der Waals surface area contributed by atoms with Gasteiger partial charge in [0.15, 0.2) is 0 Å². The summed E-state index contributed by atoms with van der Waals surface area (Å²) in [7, 11) is 0. The Bertz CT molecular complexity index is 706. The lowest BCUT2D eigenvalue weighted by atomic mass is 10.0. The van der Waals surface area contributed by atoms with E-state index in [1.165, 1.54) is 12.1 Å². The van der Waals surface area contributed by atoms with Crippen LogP contribution in [0.3, 0.4) is 0 Å². The maximum atomic E-state index is 14.1. The number of amides is 1. The summed E-state index contributed by atoms with van der Waals surface area (Å²) in [5.74, 6) is -0.298. The van der Waals surface area contributed by atoms with E-state index < -0.39 is 5.82 Å². The van der Waals surface area contributed by atoms with Crippen LogP contribution in [0.25, 0.3) is 11.3 Å². The second-order valence-electron chi connectivity index (χ2n) is 5.50. The van der Waals surface area contributed by atoms with Gasteiger partial charge in [0.05, 0.1) is 17.2 Å². The lowest BCUT2D eigenvalue weighted by Gasteiger charge is -2.10. The molecule has 1 aromatic heterocycles. The average Bonchev–Trinajstić information content (AvgIpc) is 3.15. The molecule has 0 aliphatic carbocycles. The van der Waals surface area contributed by atoms with Gasteiger partial charge >= 0.3 is 0 Å². The molecular weight excluding hydrogens is 323 g/mol. The Morgan fingerprint density at radius 2 is 2.35 bits per heavy atom. The second kappa shape index (κ2) is 6.68. The topological polar surface area (TPSA) is 64.4 Å². The molecule has 1 aromatic carbocycles. The second-order valence-corrected chi connectivity index (χ2v) is 5.91. The van der Waals surface area contributed by atoms with Crippen molar-refractivity contribution in [3.8, 4) is 11.3 Å². The number of carbonyl (C=O) groups is 1. The molecule has 1 fully saturated rings. The Kier molecular flexibility index (Phi) is 4.63. The number of carbonyl (C=O) groups excluding carboxylic acids is 1. The third kappa shape index (κ3) is 3.23. The minimum atomic E-state index is -0.552. The molecule has 0 saturated carbocycles. The van der Waals surface area contributed by atoms with Gasteiger partial charge in [0.25, 0.3) is 5.91 Å². The van der Waals surface area contributed by atoms with Crippen molar-refractivity contribution in [2.24, 2.45) is 5.92 Å². The normalized spacial score (nSPS) is 17.4. The molecule has 1 saturated heterocycles. The van der Waals surface area contributed by atoms with E-state index in [0.29, 0.717) is 31.4 Å². The lowest BCUT2D eigenvalue weighted by molar-refractivity contribution is 0.0944. The molecule has 1 N–H and O–H groups in total. The van der Waals surface area contributed by atoms with Crippen LogP contribution in [0.1, 0.15) is 22.5 Å². The highest BCUT2D eigenvalue weighted by Crippen LogP contribution is 2.33. The van der Waals surface area contributed by atoms with Gasteiger partial charge in [-0.15, -0.1) is 0 Å². The molecule has 0 radical (unpaired) electrons. The number of benzene rings is 1. The molecule has 3 rings (SSSR count). The van der Waals surface area contributed by atoms with Crippen LogP contribution in [0, 0.1) is 18.7 Å². The molecule has 0 spiro atoms. The highest BCUT2D eigenvalue weighted by atomic mass is 35.5. The van der Waals surface area contributed by atoms with Crippen LogP contribution < -0.4 is 5.32 Å². The summed E-state index contributed by atoms with van der Waals surface area (Å²) in [5.41, 5.74) is 0.391. The largest absolute Gasteiger partial charge is 0.381 e. The Balaban J connectivity index is 1.88. The van der Waals surface area contributed by atoms with Gasteiger partial charge in [-0.1, -0.05) is 22.8 Å². The molecule has 1 unspecified atom stereocenters. The number of nitrogens with one attached hydrogen (secondary N) is 1. The number of aryl methyl sites for hydroxylation is 1. The third-order valence-corrected chi connectivity index (χ3v) is 4.18. The number of rotatable bonds is 4. The van der Waals surface area contributed by atoms with Gasteiger partial charge < -0.3 is 14.6 Å². The fourth-order valence-corrected chi connectivity index (χ4v) is 2.86. The van der Waals surface area contributed by atoms with Crippen LogP contribution in [-0.4, -0.2) is 30.8 Å². The third-order valence-electron chi connectivity index (χ3n) is 3.86. The van der Waals surface area contributed by atoms with Crippen LogP contribution >= 0.6 is 11.6 Å². The maximum Gasteiger partial charge on any atom is 0.257 e. The van der Waals surface area contributed by atoms with Gasteiger partial charge in [-0.05, 0) is 25.5 Å². The molecule has 1 aliphatic heterocycles. The molecule has 1 amide bonds. The smallest absolute Gasteiger partial charge is 0.257 e. The Morgan fingerprint density at radius 3 is 3.04 bits per heavy atom. The van der Waals surface area contributed by atoms with Crippen LogP contribution in [0.4, 0.5) is 4.39 Å². The molecule has 7 heteroatoms. The summed E-state index contributed by atoms with van der Waals surface area (Å²) in [4.78, 5) is 12.5. The molecule has 23 heavy (non-hydrogen) atoms. The Labute approximate surface area is 137 Å². The quantitative estimate of drug-likeness (QED) is 0.929. The molecule has 0 bridgehead atoms. The zero-order valence-electron chi connectivity index (χ0n) is 12.6. The zero-order valence-corrected chi connectivity index (χ0v) is 13.3. The van der Waals surface area contributed by atoms with E-state index in [2.05, 4.69) is 10.5 Å². The average molecular weight is 339 g/mol. The van der Waals surface area contributed by atoms with E-state index in [1.54, 1.807) is 13.0 Å². The summed E-state index contributed by atoms with van der Waals surface area (Å²) < 4.78 is 24.5. The Morgan fingerprint density at radius 1 is 1.52 bits per heavy atom. The summed E-state index contributed by atoms with van der Waals surface area (Å²) in [6, 6.07) is 4.30. The first-order chi connectivity index (χ1) is 11.1. The van der Waals surface area contributed by atoms with Gasteiger partial charge in [-0.3, -0.25) is 4.79 Å². The number of aromatic nitrogens is 1. The SMILES string of the molecule is Cc1onc(-c2c(F)cccc2Cl)c1C(=O)NCC1CCOC1. The van der Waals surface area contributed by atoms with Gasteiger partial charge in [0.1, 0.15) is 22.8 Å². The molecule has 2 aromatic rings. The highest BCUT2D eigenvalue weighted by molar-refractivity contribution is 6.33. The first-order valence-electron chi connectivity index (χ1n) is 7.34. The van der Waals surface area contributed by atoms with Crippen LogP contribution in [0.2, 0.25) is 5.02 Å². The molecule has 1 atom stereocenters. The predicted octanol–water partition coefficient (Wildman–Crippen LogP) is 3.21. The van der Waals surface area contributed by atoms with Crippen LogP contribution in [0.5, 0.6) is 0 Å². The van der Waals surface area contributed by atoms with Crippen molar-refractivity contribution in [1.82, 2.24) is 10.5 Å². The van der Waals surface area contributed by atoms with E-state index in [9.17, 15) is 9.18 Å². The number of hydrogen-bond acceptors (Lipinski definition) is 4. The first-order valence-corrected chi connectivity index (χ1v) is 7.72. The summed E-state index contributed by atoms with van der Waals surface area (Å²) in [6.07, 6.45) is 0.912. The van der Waals surface area contributed by atoms with Crippen LogP contribution in [0.15, 0.2) is 22.7 Å². The van der Waals surface area contributed by atoms with E-state index in [-0.39, 0.29) is 27.8 Å². The summed E-state index contributed by atoms with van der Waals surface area (Å²) in [5, 5.41) is 6.83. The minimum Gasteiger partial charge on any atom is -0.381 e. The molecule has 2 heterocycles. The number of ether oxygens (including phenoxy) is 1. The van der Waals surface area contributed by atoms with E-state index in [0.717, 1.165) is 6.42 Å². The fourth-order valence-electron chi connectivity index (χ4n) is 2.60. The molecule has 122 valence electrons. The predicted molar refractivity (Wildman–Crippen MR) is 82.9 cm³/mol. The van der Waals surface area contributed by atoms with Gasteiger partial charge in [0.2, 0.25) is 0 Å². The van der Waals surface area contributed by atoms with Gasteiger partial charge in [-0.2, -0.15) is 0 Å². The van der Waals surface area contributed by atoms with E-state index >= 15 is 0 Å².